The highest BCUT2D eigenvalue weighted by molar-refractivity contribution is 6.30. The Morgan fingerprint density at radius 3 is 2.48 bits per heavy atom. The highest BCUT2D eigenvalue weighted by Crippen LogP contribution is 2.23. The number of carbonyl (C=O) groups excluding carboxylic acids is 2. The monoisotopic (exact) mass is 334 g/mol. The van der Waals surface area contributed by atoms with Gasteiger partial charge >= 0.3 is 5.97 Å². The van der Waals surface area contributed by atoms with E-state index in [1.807, 2.05) is 53.4 Å². The van der Waals surface area contributed by atoms with Gasteiger partial charge in [0.1, 0.15) is 0 Å². The summed E-state index contributed by atoms with van der Waals surface area (Å²) < 4.78 is 6.52. The van der Waals surface area contributed by atoms with Gasteiger partial charge in [0.15, 0.2) is 0 Å². The van der Waals surface area contributed by atoms with Crippen molar-refractivity contribution in [3.8, 4) is 0 Å². The van der Waals surface area contributed by atoms with E-state index in [2.05, 4.69) is 10.1 Å². The standard InChI is InChI=1S/C17H19ClN2O3/c1-23-17(22)8-9-19-16(21)12-15(20-10-2-3-11-20)13-4-6-14(18)7-5-13/h2-7,10-11,15H,8-9,12H2,1H3,(H,19,21). The molecular weight excluding hydrogens is 316 g/mol. The smallest absolute Gasteiger partial charge is 0.307 e. The summed E-state index contributed by atoms with van der Waals surface area (Å²) in [5.41, 5.74) is 0.994. The van der Waals surface area contributed by atoms with E-state index in [1.165, 1.54) is 7.11 Å². The van der Waals surface area contributed by atoms with Crippen LogP contribution >= 0.6 is 11.6 Å². The Bertz CT molecular complexity index is 638. The summed E-state index contributed by atoms with van der Waals surface area (Å²) in [6.07, 6.45) is 4.27. The SMILES string of the molecule is COC(=O)CCNC(=O)CC(c1ccc(Cl)cc1)n1cccc1. The summed E-state index contributed by atoms with van der Waals surface area (Å²) in [5, 5.41) is 3.40. The van der Waals surface area contributed by atoms with Crippen molar-refractivity contribution >= 4 is 23.5 Å². The Morgan fingerprint density at radius 1 is 1.22 bits per heavy atom. The van der Waals surface area contributed by atoms with E-state index in [9.17, 15) is 9.59 Å². The van der Waals surface area contributed by atoms with Crippen LogP contribution in [0.5, 0.6) is 0 Å². The third-order valence-electron chi connectivity index (χ3n) is 3.50. The fraction of sp³-hybridized carbons (Fsp3) is 0.294. The molecule has 0 saturated carbocycles. The van der Waals surface area contributed by atoms with Crippen molar-refractivity contribution in [3.63, 3.8) is 0 Å². The molecule has 1 atom stereocenters. The van der Waals surface area contributed by atoms with Crippen LogP contribution in [0.15, 0.2) is 48.8 Å². The summed E-state index contributed by atoms with van der Waals surface area (Å²) in [6, 6.07) is 11.1. The third-order valence-corrected chi connectivity index (χ3v) is 3.75. The number of methoxy groups -OCH3 is 1. The Balaban J connectivity index is 2.02. The molecule has 0 bridgehead atoms. The zero-order chi connectivity index (χ0) is 16.7. The first-order chi connectivity index (χ1) is 11.1. The van der Waals surface area contributed by atoms with Crippen LogP contribution in [0.25, 0.3) is 0 Å². The van der Waals surface area contributed by atoms with Gasteiger partial charge in [-0.2, -0.15) is 0 Å². The maximum atomic E-state index is 12.2. The van der Waals surface area contributed by atoms with Crippen molar-refractivity contribution in [3.05, 3.63) is 59.4 Å². The molecule has 2 rings (SSSR count). The molecule has 0 aliphatic carbocycles. The Morgan fingerprint density at radius 2 is 1.87 bits per heavy atom. The quantitative estimate of drug-likeness (QED) is 0.792. The van der Waals surface area contributed by atoms with Gasteiger partial charge in [-0.15, -0.1) is 0 Å². The summed E-state index contributed by atoms with van der Waals surface area (Å²) in [7, 11) is 1.33. The average Bonchev–Trinajstić information content (AvgIpc) is 3.07. The Hall–Kier alpha value is -2.27. The topological polar surface area (TPSA) is 60.3 Å². The summed E-state index contributed by atoms with van der Waals surface area (Å²) in [5.74, 6) is -0.465. The van der Waals surface area contributed by atoms with Crippen LogP contribution in [-0.2, 0) is 14.3 Å². The zero-order valence-corrected chi connectivity index (χ0v) is 13.6. The number of amides is 1. The fourth-order valence-electron chi connectivity index (χ4n) is 2.29. The maximum absolute atomic E-state index is 12.2. The summed E-state index contributed by atoms with van der Waals surface area (Å²) in [4.78, 5) is 23.2. The average molecular weight is 335 g/mol. The number of benzene rings is 1. The predicted octanol–water partition coefficient (Wildman–Crippen LogP) is 2.80. The molecule has 1 heterocycles. The predicted molar refractivity (Wildman–Crippen MR) is 88.3 cm³/mol. The van der Waals surface area contributed by atoms with Gasteiger partial charge in [0.25, 0.3) is 0 Å². The van der Waals surface area contributed by atoms with Crippen LogP contribution in [0.4, 0.5) is 0 Å². The number of hydrogen-bond donors (Lipinski definition) is 1. The van der Waals surface area contributed by atoms with Gasteiger partial charge in [0, 0.05) is 24.0 Å². The van der Waals surface area contributed by atoms with E-state index in [-0.39, 0.29) is 37.3 Å². The van der Waals surface area contributed by atoms with Gasteiger partial charge in [0.2, 0.25) is 5.91 Å². The van der Waals surface area contributed by atoms with Crippen LogP contribution < -0.4 is 5.32 Å². The molecule has 0 spiro atoms. The molecule has 0 aliphatic rings. The number of ether oxygens (including phenoxy) is 1. The van der Waals surface area contributed by atoms with Crippen molar-refractivity contribution in [2.45, 2.75) is 18.9 Å². The lowest BCUT2D eigenvalue weighted by atomic mass is 10.0. The number of carbonyl (C=O) groups is 2. The highest BCUT2D eigenvalue weighted by atomic mass is 35.5. The molecule has 0 radical (unpaired) electrons. The molecule has 23 heavy (non-hydrogen) atoms. The summed E-state index contributed by atoms with van der Waals surface area (Å²) in [6.45, 7) is 0.268. The molecule has 2 aromatic rings. The highest BCUT2D eigenvalue weighted by Gasteiger charge is 2.17. The molecular formula is C17H19ClN2O3. The van der Waals surface area contributed by atoms with Crippen molar-refractivity contribution in [2.75, 3.05) is 13.7 Å². The Kier molecular flexibility index (Phi) is 6.23. The number of esters is 1. The van der Waals surface area contributed by atoms with E-state index >= 15 is 0 Å². The fourth-order valence-corrected chi connectivity index (χ4v) is 2.42. The van der Waals surface area contributed by atoms with Crippen LogP contribution in [-0.4, -0.2) is 30.1 Å². The molecule has 122 valence electrons. The minimum absolute atomic E-state index is 0.123. The van der Waals surface area contributed by atoms with Crippen molar-refractivity contribution < 1.29 is 14.3 Å². The minimum atomic E-state index is -0.343. The molecule has 1 unspecified atom stereocenters. The summed E-state index contributed by atoms with van der Waals surface area (Å²) >= 11 is 5.93. The van der Waals surface area contributed by atoms with Crippen LogP contribution in [0.2, 0.25) is 5.02 Å². The van der Waals surface area contributed by atoms with Crippen molar-refractivity contribution in [1.82, 2.24) is 9.88 Å². The second-order valence-electron chi connectivity index (χ2n) is 5.08. The first kappa shape index (κ1) is 17.1. The number of halogens is 1. The van der Waals surface area contributed by atoms with E-state index in [0.717, 1.165) is 5.56 Å². The largest absolute Gasteiger partial charge is 0.469 e. The van der Waals surface area contributed by atoms with E-state index in [4.69, 9.17) is 11.6 Å². The van der Waals surface area contributed by atoms with Crippen LogP contribution in [0.1, 0.15) is 24.4 Å². The van der Waals surface area contributed by atoms with Crippen LogP contribution in [0.3, 0.4) is 0 Å². The van der Waals surface area contributed by atoms with Gasteiger partial charge in [-0.25, -0.2) is 0 Å². The first-order valence-electron chi connectivity index (χ1n) is 7.31. The minimum Gasteiger partial charge on any atom is -0.469 e. The van der Waals surface area contributed by atoms with Gasteiger partial charge < -0.3 is 14.6 Å². The lowest BCUT2D eigenvalue weighted by molar-refractivity contribution is -0.140. The van der Waals surface area contributed by atoms with Gasteiger partial charge in [-0.3, -0.25) is 9.59 Å². The molecule has 1 aromatic carbocycles. The number of nitrogens with one attached hydrogen (secondary N) is 1. The number of hydrogen-bond acceptors (Lipinski definition) is 3. The zero-order valence-electron chi connectivity index (χ0n) is 12.9. The molecule has 0 fully saturated rings. The molecule has 1 aromatic heterocycles. The lowest BCUT2D eigenvalue weighted by Gasteiger charge is -2.19. The molecule has 5 nitrogen and oxygen atoms in total. The van der Waals surface area contributed by atoms with E-state index < -0.39 is 0 Å². The molecule has 0 saturated heterocycles. The second-order valence-corrected chi connectivity index (χ2v) is 5.51. The second kappa shape index (κ2) is 8.39. The molecule has 6 heteroatoms. The number of nitrogens with zero attached hydrogens (tertiary/aromatic N) is 1. The number of rotatable bonds is 7. The maximum Gasteiger partial charge on any atom is 0.307 e. The molecule has 1 N–H and O–H groups in total. The first-order valence-corrected chi connectivity index (χ1v) is 7.69. The molecule has 0 aliphatic heterocycles. The van der Waals surface area contributed by atoms with E-state index in [1.54, 1.807) is 0 Å². The van der Waals surface area contributed by atoms with Gasteiger partial charge in [0.05, 0.1) is 26.0 Å². The van der Waals surface area contributed by atoms with Crippen LogP contribution in [0, 0.1) is 0 Å². The van der Waals surface area contributed by atoms with E-state index in [0.29, 0.717) is 5.02 Å². The van der Waals surface area contributed by atoms with Gasteiger partial charge in [-0.1, -0.05) is 23.7 Å². The Labute approximate surface area is 140 Å². The van der Waals surface area contributed by atoms with Crippen molar-refractivity contribution in [1.29, 1.82) is 0 Å². The molecule has 1 amide bonds. The number of aromatic nitrogens is 1. The normalized spacial score (nSPS) is 11.7. The van der Waals surface area contributed by atoms with Crippen molar-refractivity contribution in [2.24, 2.45) is 0 Å². The third kappa shape index (κ3) is 5.14. The van der Waals surface area contributed by atoms with Gasteiger partial charge in [-0.05, 0) is 29.8 Å². The lowest BCUT2D eigenvalue weighted by Crippen LogP contribution is -2.29.